The van der Waals surface area contributed by atoms with Gasteiger partial charge in [-0.2, -0.15) is 0 Å². The van der Waals surface area contributed by atoms with E-state index in [1.807, 2.05) is 12.3 Å². The van der Waals surface area contributed by atoms with Crippen molar-refractivity contribution in [2.75, 3.05) is 0 Å². The van der Waals surface area contributed by atoms with Gasteiger partial charge in [0.05, 0.1) is 5.82 Å². The summed E-state index contributed by atoms with van der Waals surface area (Å²) in [6.45, 7) is 11.5. The van der Waals surface area contributed by atoms with Crippen LogP contribution in [0, 0.1) is 31.1 Å². The van der Waals surface area contributed by atoms with E-state index in [0.29, 0.717) is 0 Å². The van der Waals surface area contributed by atoms with Crippen molar-refractivity contribution >= 4 is 0 Å². The van der Waals surface area contributed by atoms with E-state index in [0.717, 1.165) is 40.2 Å². The van der Waals surface area contributed by atoms with E-state index in [1.54, 1.807) is 12.3 Å². The van der Waals surface area contributed by atoms with Crippen LogP contribution in [0.15, 0.2) is 42.7 Å². The minimum absolute atomic E-state index is 0. The Morgan fingerprint density at radius 2 is 1.81 bits per heavy atom. The largest absolute Gasteiger partial charge is 0.370 e. The van der Waals surface area contributed by atoms with Gasteiger partial charge in [-0.05, 0) is 19.3 Å². The quantitative estimate of drug-likeness (QED) is 0.393. The second-order valence-corrected chi connectivity index (χ2v) is 7.81. The number of aryl methyl sites for hydroxylation is 2. The summed E-state index contributed by atoms with van der Waals surface area (Å²) in [7, 11) is 0. The molecule has 0 spiro atoms. The second-order valence-electron chi connectivity index (χ2n) is 7.81. The Morgan fingerprint density at radius 1 is 1.15 bits per heavy atom. The first-order valence-electron chi connectivity index (χ1n) is 8.55. The predicted molar refractivity (Wildman–Crippen MR) is 101 cm³/mol. The standard InChI is InChI=1S/C22H24FN2.Ir/c1-15-7-6-8-16(2)20(15)19-13-17(23)9-10-18(19)21-24-11-12-25(21)14-22(3,4)5;/h6-9,11-13H,14H2,1-5H3;/q-1;. The molecule has 3 aromatic rings. The van der Waals surface area contributed by atoms with E-state index < -0.39 is 0 Å². The fourth-order valence-corrected chi connectivity index (χ4v) is 3.27. The van der Waals surface area contributed by atoms with Crippen LogP contribution in [0.25, 0.3) is 22.5 Å². The van der Waals surface area contributed by atoms with Gasteiger partial charge < -0.3 is 4.57 Å². The number of imidazole rings is 1. The van der Waals surface area contributed by atoms with Gasteiger partial charge in [0.25, 0.3) is 0 Å². The monoisotopic (exact) mass is 528 g/mol. The molecule has 3 rings (SSSR count). The molecule has 4 heteroatoms. The van der Waals surface area contributed by atoms with E-state index in [4.69, 9.17) is 0 Å². The summed E-state index contributed by atoms with van der Waals surface area (Å²) in [6.07, 6.45) is 3.78. The van der Waals surface area contributed by atoms with Crippen LogP contribution in [0.1, 0.15) is 31.9 Å². The van der Waals surface area contributed by atoms with Crippen molar-refractivity contribution in [3.8, 4) is 22.5 Å². The summed E-state index contributed by atoms with van der Waals surface area (Å²) in [5.41, 5.74) is 5.10. The molecule has 0 N–H and O–H groups in total. The van der Waals surface area contributed by atoms with Crippen molar-refractivity contribution in [2.24, 2.45) is 5.41 Å². The molecule has 0 atom stereocenters. The summed E-state index contributed by atoms with van der Waals surface area (Å²) in [6, 6.07) is 12.2. The molecule has 0 amide bonds. The third-order valence-electron chi connectivity index (χ3n) is 4.24. The Morgan fingerprint density at radius 3 is 2.42 bits per heavy atom. The molecule has 0 saturated heterocycles. The Hall–Kier alpha value is -1.77. The maximum absolute atomic E-state index is 14.1. The van der Waals surface area contributed by atoms with Crippen LogP contribution in [0.2, 0.25) is 0 Å². The number of aromatic nitrogens is 2. The molecular formula is C22H24FIrN2-. The molecule has 2 aromatic carbocycles. The average molecular weight is 528 g/mol. The fraction of sp³-hybridized carbons (Fsp3) is 0.318. The van der Waals surface area contributed by atoms with Crippen LogP contribution in [-0.4, -0.2) is 9.55 Å². The van der Waals surface area contributed by atoms with E-state index in [9.17, 15) is 4.39 Å². The second kappa shape index (κ2) is 7.85. The Labute approximate surface area is 168 Å². The molecule has 1 radical (unpaired) electrons. The first-order valence-corrected chi connectivity index (χ1v) is 8.55. The summed E-state index contributed by atoms with van der Waals surface area (Å²) in [5, 5.41) is 0. The van der Waals surface area contributed by atoms with Gasteiger partial charge in [-0.3, -0.25) is 9.37 Å². The van der Waals surface area contributed by atoms with Crippen molar-refractivity contribution in [3.05, 3.63) is 65.7 Å². The van der Waals surface area contributed by atoms with Crippen molar-refractivity contribution in [2.45, 2.75) is 41.2 Å². The molecule has 2 nitrogen and oxygen atoms in total. The Balaban J connectivity index is 0.00000243. The number of hydrogen-bond donors (Lipinski definition) is 0. The van der Waals surface area contributed by atoms with Crippen molar-refractivity contribution in [3.63, 3.8) is 0 Å². The predicted octanol–water partition coefficient (Wildman–Crippen LogP) is 5.82. The summed E-state index contributed by atoms with van der Waals surface area (Å²) >= 11 is 0. The Bertz CT molecular complexity index is 886. The SMILES string of the molecule is Cc1cccc(C)c1-c1cc(F)c[c-]c1-c1nccn1CC(C)(C)C.[Ir]. The number of hydrogen-bond acceptors (Lipinski definition) is 1. The molecule has 1 heterocycles. The van der Waals surface area contributed by atoms with Gasteiger partial charge in [-0.25, -0.2) is 0 Å². The van der Waals surface area contributed by atoms with E-state index in [1.165, 1.54) is 6.07 Å². The van der Waals surface area contributed by atoms with Crippen LogP contribution in [0.3, 0.4) is 0 Å². The van der Waals surface area contributed by atoms with Gasteiger partial charge in [0.2, 0.25) is 0 Å². The summed E-state index contributed by atoms with van der Waals surface area (Å²) < 4.78 is 16.2. The molecule has 0 unspecified atom stereocenters. The minimum atomic E-state index is -0.282. The average Bonchev–Trinajstić information content (AvgIpc) is 2.93. The number of rotatable bonds is 3. The molecular weight excluding hydrogens is 503 g/mol. The molecule has 1 aromatic heterocycles. The number of benzene rings is 2. The zero-order chi connectivity index (χ0) is 18.2. The minimum Gasteiger partial charge on any atom is -0.370 e. The molecule has 0 bridgehead atoms. The molecule has 26 heavy (non-hydrogen) atoms. The van der Waals surface area contributed by atoms with Gasteiger partial charge in [0, 0.05) is 44.9 Å². The first kappa shape index (κ1) is 20.5. The number of halogens is 1. The maximum atomic E-state index is 14.1. The van der Waals surface area contributed by atoms with E-state index in [-0.39, 0.29) is 31.3 Å². The zero-order valence-electron chi connectivity index (χ0n) is 15.9. The van der Waals surface area contributed by atoms with Crippen molar-refractivity contribution < 1.29 is 24.5 Å². The van der Waals surface area contributed by atoms with E-state index in [2.05, 4.69) is 62.4 Å². The van der Waals surface area contributed by atoms with Crippen LogP contribution in [0.4, 0.5) is 4.39 Å². The maximum Gasteiger partial charge on any atom is 0.0564 e. The van der Waals surface area contributed by atoms with Gasteiger partial charge >= 0.3 is 0 Å². The molecule has 139 valence electrons. The Kier molecular flexibility index (Phi) is 6.20. The molecule has 0 saturated carbocycles. The van der Waals surface area contributed by atoms with Crippen LogP contribution < -0.4 is 0 Å². The van der Waals surface area contributed by atoms with Gasteiger partial charge in [0.15, 0.2) is 0 Å². The van der Waals surface area contributed by atoms with Crippen LogP contribution in [-0.2, 0) is 26.7 Å². The van der Waals surface area contributed by atoms with Crippen LogP contribution in [0.5, 0.6) is 0 Å². The van der Waals surface area contributed by atoms with Gasteiger partial charge in [-0.1, -0.05) is 61.2 Å². The van der Waals surface area contributed by atoms with Crippen molar-refractivity contribution in [1.29, 1.82) is 0 Å². The summed E-state index contributed by atoms with van der Waals surface area (Å²) in [5.74, 6) is 0.544. The fourth-order valence-electron chi connectivity index (χ4n) is 3.27. The third-order valence-corrected chi connectivity index (χ3v) is 4.24. The topological polar surface area (TPSA) is 17.8 Å². The molecule has 0 aliphatic heterocycles. The third kappa shape index (κ3) is 4.31. The first-order chi connectivity index (χ1) is 11.8. The van der Waals surface area contributed by atoms with Gasteiger partial charge in [0.1, 0.15) is 0 Å². The molecule has 0 fully saturated rings. The van der Waals surface area contributed by atoms with E-state index >= 15 is 0 Å². The normalized spacial score (nSPS) is 11.3. The number of nitrogens with zero attached hydrogens (tertiary/aromatic N) is 2. The smallest absolute Gasteiger partial charge is 0.0564 e. The van der Waals surface area contributed by atoms with Gasteiger partial charge in [-0.15, -0.1) is 23.8 Å². The zero-order valence-corrected chi connectivity index (χ0v) is 18.2. The molecule has 0 aliphatic rings. The van der Waals surface area contributed by atoms with Crippen molar-refractivity contribution in [1.82, 2.24) is 9.55 Å². The summed E-state index contributed by atoms with van der Waals surface area (Å²) in [4.78, 5) is 4.56. The molecule has 0 aliphatic carbocycles. The van der Waals surface area contributed by atoms with Crippen LogP contribution >= 0.6 is 0 Å².